The van der Waals surface area contributed by atoms with Gasteiger partial charge in [0.05, 0.1) is 13.2 Å². The number of rotatable bonds is 5. The zero-order chi connectivity index (χ0) is 9.52. The predicted octanol–water partition coefficient (Wildman–Crippen LogP) is 0.611. The minimum Gasteiger partial charge on any atom is -0.379 e. The van der Waals surface area contributed by atoms with Crippen LogP contribution in [0.25, 0.3) is 0 Å². The summed E-state index contributed by atoms with van der Waals surface area (Å²) in [7, 11) is 0. The van der Waals surface area contributed by atoms with Crippen LogP contribution in [0.5, 0.6) is 0 Å². The van der Waals surface area contributed by atoms with E-state index in [0.717, 1.165) is 38.8 Å². The molecule has 0 aromatic carbocycles. The van der Waals surface area contributed by atoms with Crippen molar-refractivity contribution in [2.75, 3.05) is 32.8 Å². The number of nitrogens with one attached hydrogen (secondary N) is 2. The molecule has 0 amide bonds. The maximum atomic E-state index is 5.37. The van der Waals surface area contributed by atoms with Crippen molar-refractivity contribution in [2.24, 2.45) is 5.92 Å². The van der Waals surface area contributed by atoms with Gasteiger partial charge in [-0.25, -0.2) is 0 Å². The third-order valence-corrected chi connectivity index (χ3v) is 2.22. The van der Waals surface area contributed by atoms with Crippen LogP contribution >= 0.6 is 0 Å². The lowest BCUT2D eigenvalue weighted by Crippen LogP contribution is -2.42. The SMILES string of the molecule is CC(C)CNCCC1COCCN1. The zero-order valence-electron chi connectivity index (χ0n) is 8.81. The van der Waals surface area contributed by atoms with E-state index in [0.29, 0.717) is 6.04 Å². The Hall–Kier alpha value is -0.120. The second kappa shape index (κ2) is 6.35. The number of ether oxygens (including phenoxy) is 1. The maximum Gasteiger partial charge on any atom is 0.0620 e. The Labute approximate surface area is 81.2 Å². The highest BCUT2D eigenvalue weighted by Gasteiger charge is 2.11. The Morgan fingerprint density at radius 2 is 2.38 bits per heavy atom. The van der Waals surface area contributed by atoms with Crippen molar-refractivity contribution in [2.45, 2.75) is 26.3 Å². The van der Waals surface area contributed by atoms with E-state index in [4.69, 9.17) is 4.74 Å². The molecule has 0 saturated carbocycles. The van der Waals surface area contributed by atoms with E-state index in [1.807, 2.05) is 0 Å². The first-order chi connectivity index (χ1) is 6.29. The molecule has 2 N–H and O–H groups in total. The Bertz CT molecular complexity index is 122. The summed E-state index contributed by atoms with van der Waals surface area (Å²) in [5.41, 5.74) is 0. The standard InChI is InChI=1S/C10H22N2O/c1-9(2)7-11-4-3-10-8-13-6-5-12-10/h9-12H,3-8H2,1-2H3. The van der Waals surface area contributed by atoms with E-state index < -0.39 is 0 Å². The summed E-state index contributed by atoms with van der Waals surface area (Å²) in [6.07, 6.45) is 1.17. The second-order valence-corrected chi connectivity index (χ2v) is 4.11. The zero-order valence-corrected chi connectivity index (χ0v) is 8.81. The summed E-state index contributed by atoms with van der Waals surface area (Å²) in [5, 5.41) is 6.88. The topological polar surface area (TPSA) is 33.3 Å². The summed E-state index contributed by atoms with van der Waals surface area (Å²) >= 11 is 0. The lowest BCUT2D eigenvalue weighted by atomic mass is 10.2. The van der Waals surface area contributed by atoms with Crippen molar-refractivity contribution in [1.82, 2.24) is 10.6 Å². The Balaban J connectivity index is 1.92. The minimum absolute atomic E-state index is 0.563. The van der Waals surface area contributed by atoms with Gasteiger partial charge in [-0.05, 0) is 25.4 Å². The molecule has 78 valence electrons. The first kappa shape index (κ1) is 11.0. The van der Waals surface area contributed by atoms with Crippen LogP contribution in [0, 0.1) is 5.92 Å². The number of morpholine rings is 1. The van der Waals surface area contributed by atoms with Gasteiger partial charge in [0.25, 0.3) is 0 Å². The van der Waals surface area contributed by atoms with Crippen molar-refractivity contribution < 1.29 is 4.74 Å². The summed E-state index contributed by atoms with van der Waals surface area (Å²) in [6, 6.07) is 0.563. The molecule has 3 heteroatoms. The van der Waals surface area contributed by atoms with E-state index in [2.05, 4.69) is 24.5 Å². The summed E-state index contributed by atoms with van der Waals surface area (Å²) in [4.78, 5) is 0. The van der Waals surface area contributed by atoms with Crippen molar-refractivity contribution in [3.63, 3.8) is 0 Å². The van der Waals surface area contributed by atoms with Gasteiger partial charge >= 0.3 is 0 Å². The van der Waals surface area contributed by atoms with Gasteiger partial charge in [0, 0.05) is 12.6 Å². The summed E-state index contributed by atoms with van der Waals surface area (Å²) in [6.45, 7) is 9.44. The Kier molecular flexibility index (Phi) is 5.35. The molecule has 0 aromatic rings. The molecular weight excluding hydrogens is 164 g/mol. The summed E-state index contributed by atoms with van der Waals surface area (Å²) < 4.78 is 5.37. The van der Waals surface area contributed by atoms with Crippen molar-refractivity contribution >= 4 is 0 Å². The molecule has 0 aliphatic carbocycles. The first-order valence-corrected chi connectivity index (χ1v) is 5.31. The van der Waals surface area contributed by atoms with Gasteiger partial charge in [-0.15, -0.1) is 0 Å². The van der Waals surface area contributed by atoms with Crippen LogP contribution in [-0.4, -0.2) is 38.9 Å². The van der Waals surface area contributed by atoms with E-state index in [9.17, 15) is 0 Å². The van der Waals surface area contributed by atoms with Crippen LogP contribution in [-0.2, 0) is 4.74 Å². The molecule has 1 rings (SSSR count). The quantitative estimate of drug-likeness (QED) is 0.617. The molecule has 0 radical (unpaired) electrons. The molecule has 1 saturated heterocycles. The van der Waals surface area contributed by atoms with Crippen LogP contribution < -0.4 is 10.6 Å². The smallest absolute Gasteiger partial charge is 0.0620 e. The third kappa shape index (κ3) is 5.24. The molecule has 0 bridgehead atoms. The average Bonchev–Trinajstić information content (AvgIpc) is 2.14. The van der Waals surface area contributed by atoms with Gasteiger partial charge in [0.1, 0.15) is 0 Å². The Morgan fingerprint density at radius 3 is 3.00 bits per heavy atom. The van der Waals surface area contributed by atoms with E-state index in [1.54, 1.807) is 0 Å². The highest BCUT2D eigenvalue weighted by molar-refractivity contribution is 4.70. The molecule has 1 fully saturated rings. The van der Waals surface area contributed by atoms with Crippen LogP contribution in [0.3, 0.4) is 0 Å². The molecule has 1 heterocycles. The molecule has 3 nitrogen and oxygen atoms in total. The van der Waals surface area contributed by atoms with Gasteiger partial charge < -0.3 is 15.4 Å². The molecule has 0 aromatic heterocycles. The minimum atomic E-state index is 0.563. The summed E-state index contributed by atoms with van der Waals surface area (Å²) in [5.74, 6) is 0.746. The van der Waals surface area contributed by atoms with Crippen molar-refractivity contribution in [1.29, 1.82) is 0 Å². The molecule has 1 atom stereocenters. The van der Waals surface area contributed by atoms with Gasteiger partial charge in [0.2, 0.25) is 0 Å². The van der Waals surface area contributed by atoms with Crippen LogP contribution in [0.2, 0.25) is 0 Å². The fourth-order valence-electron chi connectivity index (χ4n) is 1.47. The van der Waals surface area contributed by atoms with Gasteiger partial charge in [-0.3, -0.25) is 0 Å². The fraction of sp³-hybridized carbons (Fsp3) is 1.00. The normalized spacial score (nSPS) is 23.8. The van der Waals surface area contributed by atoms with Crippen LogP contribution in [0.4, 0.5) is 0 Å². The second-order valence-electron chi connectivity index (χ2n) is 4.11. The van der Waals surface area contributed by atoms with E-state index >= 15 is 0 Å². The molecule has 1 unspecified atom stereocenters. The van der Waals surface area contributed by atoms with E-state index in [1.165, 1.54) is 6.42 Å². The molecule has 13 heavy (non-hydrogen) atoms. The molecule has 1 aliphatic heterocycles. The number of hydrogen-bond acceptors (Lipinski definition) is 3. The monoisotopic (exact) mass is 186 g/mol. The van der Waals surface area contributed by atoms with Gasteiger partial charge in [-0.1, -0.05) is 13.8 Å². The Morgan fingerprint density at radius 1 is 1.54 bits per heavy atom. The fourth-order valence-corrected chi connectivity index (χ4v) is 1.47. The van der Waals surface area contributed by atoms with Gasteiger partial charge in [0.15, 0.2) is 0 Å². The highest BCUT2D eigenvalue weighted by Crippen LogP contribution is 1.97. The lowest BCUT2D eigenvalue weighted by molar-refractivity contribution is 0.0742. The van der Waals surface area contributed by atoms with Crippen molar-refractivity contribution in [3.05, 3.63) is 0 Å². The third-order valence-electron chi connectivity index (χ3n) is 2.22. The number of hydrogen-bond donors (Lipinski definition) is 2. The van der Waals surface area contributed by atoms with Gasteiger partial charge in [-0.2, -0.15) is 0 Å². The van der Waals surface area contributed by atoms with Crippen molar-refractivity contribution in [3.8, 4) is 0 Å². The molecule has 1 aliphatic rings. The molecular formula is C10H22N2O. The molecule has 0 spiro atoms. The van der Waals surface area contributed by atoms with Crippen LogP contribution in [0.1, 0.15) is 20.3 Å². The predicted molar refractivity (Wildman–Crippen MR) is 54.9 cm³/mol. The largest absolute Gasteiger partial charge is 0.379 e. The first-order valence-electron chi connectivity index (χ1n) is 5.31. The average molecular weight is 186 g/mol. The highest BCUT2D eigenvalue weighted by atomic mass is 16.5. The lowest BCUT2D eigenvalue weighted by Gasteiger charge is -2.23. The van der Waals surface area contributed by atoms with Crippen LogP contribution in [0.15, 0.2) is 0 Å². The maximum absolute atomic E-state index is 5.37. The van der Waals surface area contributed by atoms with E-state index in [-0.39, 0.29) is 0 Å².